The Bertz CT molecular complexity index is 1240. The van der Waals surface area contributed by atoms with Gasteiger partial charge in [0.1, 0.15) is 5.82 Å². The van der Waals surface area contributed by atoms with Gasteiger partial charge in [0, 0.05) is 18.7 Å². The van der Waals surface area contributed by atoms with Crippen molar-refractivity contribution in [3.05, 3.63) is 81.6 Å². The predicted octanol–water partition coefficient (Wildman–Crippen LogP) is 1.33. The second kappa shape index (κ2) is 6.75. The van der Waals surface area contributed by atoms with Crippen LogP contribution in [-0.4, -0.2) is 29.3 Å². The third-order valence-corrected chi connectivity index (χ3v) is 4.76. The zero-order valence-corrected chi connectivity index (χ0v) is 15.4. The molecule has 4 N–H and O–H groups in total. The minimum Gasteiger partial charge on any atom is -0.384 e. The summed E-state index contributed by atoms with van der Waals surface area (Å²) in [5, 5.41) is 4.72. The summed E-state index contributed by atoms with van der Waals surface area (Å²) < 4.78 is 1.18. The number of amides is 3. The number of anilines is 1. The quantitative estimate of drug-likeness (QED) is 0.584. The van der Waals surface area contributed by atoms with Crippen LogP contribution < -0.4 is 21.9 Å². The molecule has 4 rings (SSSR count). The van der Waals surface area contributed by atoms with E-state index in [1.807, 2.05) is 6.07 Å². The van der Waals surface area contributed by atoms with Crippen LogP contribution in [0.2, 0.25) is 0 Å². The van der Waals surface area contributed by atoms with Gasteiger partial charge in [-0.3, -0.25) is 29.1 Å². The van der Waals surface area contributed by atoms with Gasteiger partial charge in [-0.05, 0) is 35.4 Å². The molecule has 0 spiro atoms. The first-order valence-electron chi connectivity index (χ1n) is 8.75. The molecular weight excluding hydrogens is 372 g/mol. The van der Waals surface area contributed by atoms with Crippen molar-refractivity contribution in [3.8, 4) is 16.8 Å². The molecule has 29 heavy (non-hydrogen) atoms. The summed E-state index contributed by atoms with van der Waals surface area (Å²) in [6, 6.07) is 15.2. The smallest absolute Gasteiger partial charge is 0.262 e. The molecular formula is C21H16N4O4. The number of rotatable bonds is 3. The van der Waals surface area contributed by atoms with E-state index in [4.69, 9.17) is 5.73 Å². The van der Waals surface area contributed by atoms with E-state index in [2.05, 4.69) is 10.6 Å². The molecule has 3 amide bonds. The summed E-state index contributed by atoms with van der Waals surface area (Å²) in [4.78, 5) is 48.1. The Hall–Kier alpha value is -4.20. The number of nitrogens with zero attached hydrogens (tertiary/aromatic N) is 1. The molecule has 0 bridgehead atoms. The van der Waals surface area contributed by atoms with Gasteiger partial charge in [0.15, 0.2) is 0 Å². The fraction of sp³-hybridized carbons (Fsp3) is 0.0476. The molecule has 0 radical (unpaired) electrons. The third-order valence-electron chi connectivity index (χ3n) is 4.76. The molecule has 2 heterocycles. The maximum atomic E-state index is 12.5. The molecule has 3 aromatic rings. The second-order valence-electron chi connectivity index (χ2n) is 6.48. The molecule has 0 unspecified atom stereocenters. The van der Waals surface area contributed by atoms with E-state index < -0.39 is 17.4 Å². The van der Waals surface area contributed by atoms with Gasteiger partial charge in [-0.25, -0.2) is 0 Å². The Morgan fingerprint density at radius 2 is 1.69 bits per heavy atom. The van der Waals surface area contributed by atoms with Crippen LogP contribution >= 0.6 is 0 Å². The van der Waals surface area contributed by atoms with E-state index >= 15 is 0 Å². The van der Waals surface area contributed by atoms with E-state index in [1.165, 1.54) is 4.57 Å². The normalized spacial score (nSPS) is 12.4. The lowest BCUT2D eigenvalue weighted by Gasteiger charge is -2.12. The Balaban J connectivity index is 1.76. The second-order valence-corrected chi connectivity index (χ2v) is 6.48. The minimum absolute atomic E-state index is 0.00282. The van der Waals surface area contributed by atoms with Gasteiger partial charge in [-0.2, -0.15) is 0 Å². The van der Waals surface area contributed by atoms with Crippen LogP contribution in [0.1, 0.15) is 31.1 Å². The highest BCUT2D eigenvalue weighted by atomic mass is 16.2. The topological polar surface area (TPSA) is 123 Å². The Kier molecular flexibility index (Phi) is 4.23. The van der Waals surface area contributed by atoms with Crippen molar-refractivity contribution >= 4 is 23.5 Å². The number of benzene rings is 2. The van der Waals surface area contributed by atoms with Crippen molar-refractivity contribution in [2.75, 3.05) is 12.8 Å². The average molecular weight is 388 g/mol. The number of hydrogen-bond acceptors (Lipinski definition) is 5. The van der Waals surface area contributed by atoms with Gasteiger partial charge in [0.2, 0.25) is 0 Å². The molecule has 8 nitrogen and oxygen atoms in total. The van der Waals surface area contributed by atoms with Crippen molar-refractivity contribution in [1.82, 2.24) is 15.2 Å². The van der Waals surface area contributed by atoms with Crippen molar-refractivity contribution in [3.63, 3.8) is 0 Å². The maximum Gasteiger partial charge on any atom is 0.262 e. The predicted molar refractivity (Wildman–Crippen MR) is 107 cm³/mol. The number of hydrogen-bond donors (Lipinski definition) is 3. The van der Waals surface area contributed by atoms with Crippen LogP contribution in [0.3, 0.4) is 0 Å². The number of imide groups is 1. The first kappa shape index (κ1) is 18.2. The van der Waals surface area contributed by atoms with Crippen molar-refractivity contribution < 1.29 is 14.4 Å². The van der Waals surface area contributed by atoms with E-state index in [0.29, 0.717) is 11.3 Å². The highest BCUT2D eigenvalue weighted by Gasteiger charge is 2.31. The molecule has 8 heteroatoms. The Labute approximate surface area is 165 Å². The van der Waals surface area contributed by atoms with E-state index in [9.17, 15) is 19.2 Å². The summed E-state index contributed by atoms with van der Waals surface area (Å²) in [6.07, 6.45) is 0. The first-order valence-corrected chi connectivity index (χ1v) is 8.75. The summed E-state index contributed by atoms with van der Waals surface area (Å²) in [5.41, 5.74) is 8.16. The van der Waals surface area contributed by atoms with Crippen LogP contribution in [0.4, 0.5) is 5.82 Å². The zero-order valence-electron chi connectivity index (χ0n) is 15.4. The monoisotopic (exact) mass is 388 g/mol. The van der Waals surface area contributed by atoms with Gasteiger partial charge < -0.3 is 11.1 Å². The SMILES string of the molecule is CNC(=O)c1cccc(-c2ccc(-n3c(N)c4c(cc3=O)C(=O)NC4=O)cc2)c1. The van der Waals surface area contributed by atoms with E-state index in [-0.39, 0.29) is 22.9 Å². The molecule has 0 saturated heterocycles. The van der Waals surface area contributed by atoms with Crippen LogP contribution in [-0.2, 0) is 0 Å². The van der Waals surface area contributed by atoms with Crippen molar-refractivity contribution in [2.24, 2.45) is 0 Å². The van der Waals surface area contributed by atoms with E-state index in [1.54, 1.807) is 49.5 Å². The molecule has 0 fully saturated rings. The van der Waals surface area contributed by atoms with Gasteiger partial charge in [-0.15, -0.1) is 0 Å². The number of aromatic nitrogens is 1. The average Bonchev–Trinajstić information content (AvgIpc) is 3.01. The summed E-state index contributed by atoms with van der Waals surface area (Å²) in [7, 11) is 1.57. The Morgan fingerprint density at radius 3 is 2.38 bits per heavy atom. The number of nitrogens with two attached hydrogens (primary N) is 1. The van der Waals surface area contributed by atoms with Crippen LogP contribution in [0.25, 0.3) is 16.8 Å². The molecule has 0 aliphatic carbocycles. The fourth-order valence-corrected chi connectivity index (χ4v) is 3.33. The zero-order chi connectivity index (χ0) is 20.7. The molecule has 1 aromatic heterocycles. The van der Waals surface area contributed by atoms with Crippen LogP contribution in [0.15, 0.2) is 59.4 Å². The summed E-state index contributed by atoms with van der Waals surface area (Å²) >= 11 is 0. The van der Waals surface area contributed by atoms with Crippen LogP contribution in [0, 0.1) is 0 Å². The van der Waals surface area contributed by atoms with Crippen molar-refractivity contribution in [1.29, 1.82) is 0 Å². The summed E-state index contributed by atoms with van der Waals surface area (Å²) in [6.45, 7) is 0. The lowest BCUT2D eigenvalue weighted by atomic mass is 10.0. The van der Waals surface area contributed by atoms with Gasteiger partial charge >= 0.3 is 0 Å². The third kappa shape index (κ3) is 2.96. The van der Waals surface area contributed by atoms with Gasteiger partial charge in [0.25, 0.3) is 23.3 Å². The first-order chi connectivity index (χ1) is 13.9. The number of pyridine rings is 1. The van der Waals surface area contributed by atoms with E-state index in [0.717, 1.165) is 17.2 Å². The molecule has 1 aliphatic heterocycles. The highest BCUT2D eigenvalue weighted by molar-refractivity contribution is 6.23. The molecule has 144 valence electrons. The molecule has 0 saturated carbocycles. The Morgan fingerprint density at radius 1 is 0.966 bits per heavy atom. The van der Waals surface area contributed by atoms with Crippen molar-refractivity contribution in [2.45, 2.75) is 0 Å². The molecule has 0 atom stereocenters. The lowest BCUT2D eigenvalue weighted by molar-refractivity contribution is 0.0878. The number of nitrogens with one attached hydrogen (secondary N) is 2. The minimum atomic E-state index is -0.632. The number of nitrogen functional groups attached to an aromatic ring is 1. The molecule has 2 aromatic carbocycles. The standard InChI is InChI=1S/C21H16N4O4/c1-23-19(27)13-4-2-3-12(9-13)11-5-7-14(8-6-11)25-16(26)10-15-17(18(25)22)21(29)24-20(15)28/h2-10H,22H2,1H3,(H,23,27)(H,24,28,29). The molecule has 1 aliphatic rings. The van der Waals surface area contributed by atoms with Gasteiger partial charge in [0.05, 0.1) is 16.8 Å². The largest absolute Gasteiger partial charge is 0.384 e. The lowest BCUT2D eigenvalue weighted by Crippen LogP contribution is -2.24. The maximum absolute atomic E-state index is 12.5. The fourth-order valence-electron chi connectivity index (χ4n) is 3.33. The number of fused-ring (bicyclic) bond motifs is 1. The highest BCUT2D eigenvalue weighted by Crippen LogP contribution is 2.25. The number of carbonyl (C=O) groups is 3. The van der Waals surface area contributed by atoms with Crippen LogP contribution in [0.5, 0.6) is 0 Å². The number of carbonyl (C=O) groups excluding carboxylic acids is 3. The summed E-state index contributed by atoms with van der Waals surface area (Å²) in [5.74, 6) is -1.54. The van der Waals surface area contributed by atoms with Gasteiger partial charge in [-0.1, -0.05) is 24.3 Å².